The van der Waals surface area contributed by atoms with Gasteiger partial charge in [-0.3, -0.25) is 4.79 Å². The standard InChI is InChI=1S/C17H23NO/c1-4-13(5-2)15-10-9-14-8-6-7-11-18(3)17(19)16(14)12-15/h6-7,9-10,12-13H,4-5,8,11H2,1-3H3/b7-6-. The topological polar surface area (TPSA) is 20.3 Å². The summed E-state index contributed by atoms with van der Waals surface area (Å²) in [6.07, 6.45) is 7.32. The number of hydrogen-bond acceptors (Lipinski definition) is 1. The van der Waals surface area contributed by atoms with Crippen LogP contribution in [-0.2, 0) is 6.42 Å². The molecular weight excluding hydrogens is 234 g/mol. The SMILES string of the molecule is CCC(CC)c1ccc2c(c1)C(=O)N(C)C/C=C\C2. The molecule has 2 heteroatoms. The van der Waals surface area contributed by atoms with Gasteiger partial charge in [-0.05, 0) is 42.4 Å². The van der Waals surface area contributed by atoms with E-state index in [4.69, 9.17) is 0 Å². The molecule has 102 valence electrons. The van der Waals surface area contributed by atoms with E-state index in [-0.39, 0.29) is 5.91 Å². The maximum absolute atomic E-state index is 12.4. The van der Waals surface area contributed by atoms with Crippen LogP contribution in [-0.4, -0.2) is 24.4 Å². The molecule has 19 heavy (non-hydrogen) atoms. The van der Waals surface area contributed by atoms with Crippen molar-refractivity contribution >= 4 is 5.91 Å². The summed E-state index contributed by atoms with van der Waals surface area (Å²) in [5.41, 5.74) is 3.33. The molecular formula is C17H23NO. The molecule has 0 unspecified atom stereocenters. The van der Waals surface area contributed by atoms with E-state index in [1.807, 2.05) is 7.05 Å². The Bertz CT molecular complexity index is 486. The van der Waals surface area contributed by atoms with Crippen molar-refractivity contribution < 1.29 is 4.79 Å². The van der Waals surface area contributed by atoms with Gasteiger partial charge in [-0.25, -0.2) is 0 Å². The average molecular weight is 257 g/mol. The van der Waals surface area contributed by atoms with Crippen molar-refractivity contribution in [1.82, 2.24) is 4.90 Å². The smallest absolute Gasteiger partial charge is 0.254 e. The first-order valence-electron chi connectivity index (χ1n) is 7.20. The van der Waals surface area contributed by atoms with E-state index in [0.717, 1.165) is 30.4 Å². The Morgan fingerprint density at radius 3 is 2.63 bits per heavy atom. The molecule has 0 fully saturated rings. The highest BCUT2D eigenvalue weighted by Gasteiger charge is 2.18. The molecule has 2 rings (SSSR count). The maximum atomic E-state index is 12.4. The predicted molar refractivity (Wildman–Crippen MR) is 79.6 cm³/mol. The number of allylic oxidation sites excluding steroid dienone is 1. The van der Waals surface area contributed by atoms with Crippen LogP contribution in [0.25, 0.3) is 0 Å². The van der Waals surface area contributed by atoms with E-state index < -0.39 is 0 Å². The van der Waals surface area contributed by atoms with Gasteiger partial charge in [0.05, 0.1) is 0 Å². The quantitative estimate of drug-likeness (QED) is 0.755. The number of amides is 1. The summed E-state index contributed by atoms with van der Waals surface area (Å²) < 4.78 is 0. The molecule has 1 amide bonds. The lowest BCUT2D eigenvalue weighted by Crippen LogP contribution is -2.28. The number of carbonyl (C=O) groups is 1. The second-order valence-corrected chi connectivity index (χ2v) is 5.29. The Morgan fingerprint density at radius 1 is 1.21 bits per heavy atom. The number of fused-ring (bicyclic) bond motifs is 1. The molecule has 0 radical (unpaired) electrons. The summed E-state index contributed by atoms with van der Waals surface area (Å²) in [7, 11) is 1.87. The van der Waals surface area contributed by atoms with Crippen molar-refractivity contribution in [2.24, 2.45) is 0 Å². The first-order chi connectivity index (χ1) is 9.17. The summed E-state index contributed by atoms with van der Waals surface area (Å²) in [5.74, 6) is 0.705. The highest BCUT2D eigenvalue weighted by atomic mass is 16.2. The minimum Gasteiger partial charge on any atom is -0.338 e. The number of hydrogen-bond donors (Lipinski definition) is 0. The number of nitrogens with zero attached hydrogens (tertiary/aromatic N) is 1. The normalized spacial score (nSPS) is 17.1. The minimum absolute atomic E-state index is 0.146. The van der Waals surface area contributed by atoms with Crippen LogP contribution in [0.15, 0.2) is 30.4 Å². The van der Waals surface area contributed by atoms with Crippen molar-refractivity contribution in [3.05, 3.63) is 47.0 Å². The fourth-order valence-electron chi connectivity index (χ4n) is 2.72. The van der Waals surface area contributed by atoms with Crippen LogP contribution in [0.3, 0.4) is 0 Å². The van der Waals surface area contributed by atoms with E-state index in [9.17, 15) is 4.79 Å². The van der Waals surface area contributed by atoms with Gasteiger partial charge in [0.15, 0.2) is 0 Å². The van der Waals surface area contributed by atoms with Gasteiger partial charge in [0.25, 0.3) is 5.91 Å². The third kappa shape index (κ3) is 2.89. The fourth-order valence-corrected chi connectivity index (χ4v) is 2.72. The highest BCUT2D eigenvalue weighted by molar-refractivity contribution is 5.96. The maximum Gasteiger partial charge on any atom is 0.254 e. The molecule has 0 saturated carbocycles. The molecule has 0 spiro atoms. The van der Waals surface area contributed by atoms with Crippen molar-refractivity contribution in [3.63, 3.8) is 0 Å². The van der Waals surface area contributed by atoms with Crippen molar-refractivity contribution in [3.8, 4) is 0 Å². The molecule has 0 saturated heterocycles. The van der Waals surface area contributed by atoms with Crippen molar-refractivity contribution in [1.29, 1.82) is 0 Å². The minimum atomic E-state index is 0.146. The molecule has 0 aromatic heterocycles. The lowest BCUT2D eigenvalue weighted by Gasteiger charge is -2.21. The number of likely N-dealkylation sites (N-methyl/N-ethyl adjacent to an activating group) is 1. The Morgan fingerprint density at radius 2 is 1.95 bits per heavy atom. The van der Waals surface area contributed by atoms with Crippen LogP contribution >= 0.6 is 0 Å². The van der Waals surface area contributed by atoms with Gasteiger partial charge in [-0.1, -0.05) is 38.1 Å². The van der Waals surface area contributed by atoms with Gasteiger partial charge in [-0.15, -0.1) is 0 Å². The van der Waals surface area contributed by atoms with Crippen LogP contribution < -0.4 is 0 Å². The molecule has 1 aromatic rings. The van der Waals surface area contributed by atoms with Crippen molar-refractivity contribution in [2.75, 3.05) is 13.6 Å². The average Bonchev–Trinajstić information content (AvgIpc) is 2.43. The van der Waals surface area contributed by atoms with E-state index in [2.05, 4.69) is 44.2 Å². The van der Waals surface area contributed by atoms with Gasteiger partial charge >= 0.3 is 0 Å². The predicted octanol–water partition coefficient (Wildman–Crippen LogP) is 3.77. The fraction of sp³-hybridized carbons (Fsp3) is 0.471. The third-order valence-electron chi connectivity index (χ3n) is 4.05. The van der Waals surface area contributed by atoms with Crippen LogP contribution in [0, 0.1) is 0 Å². The summed E-state index contributed by atoms with van der Waals surface area (Å²) >= 11 is 0. The van der Waals surface area contributed by atoms with Crippen molar-refractivity contribution in [2.45, 2.75) is 39.0 Å². The van der Waals surface area contributed by atoms with Crippen LogP contribution in [0.4, 0.5) is 0 Å². The molecule has 1 aliphatic rings. The zero-order chi connectivity index (χ0) is 13.8. The number of benzene rings is 1. The summed E-state index contributed by atoms with van der Waals surface area (Å²) in [4.78, 5) is 14.2. The molecule has 0 N–H and O–H groups in total. The van der Waals surface area contributed by atoms with Crippen LogP contribution in [0.2, 0.25) is 0 Å². The Hall–Kier alpha value is -1.57. The van der Waals surface area contributed by atoms with Gasteiger partial charge < -0.3 is 4.90 Å². The first-order valence-corrected chi connectivity index (χ1v) is 7.20. The van der Waals surface area contributed by atoms with E-state index in [1.54, 1.807) is 4.90 Å². The van der Waals surface area contributed by atoms with E-state index >= 15 is 0 Å². The molecule has 1 heterocycles. The molecule has 0 bridgehead atoms. The van der Waals surface area contributed by atoms with E-state index in [1.165, 1.54) is 5.56 Å². The second kappa shape index (κ2) is 6.05. The lowest BCUT2D eigenvalue weighted by molar-refractivity contribution is 0.0808. The molecule has 1 aromatic carbocycles. The summed E-state index contributed by atoms with van der Waals surface area (Å²) in [5, 5.41) is 0. The molecule has 0 atom stereocenters. The zero-order valence-corrected chi connectivity index (χ0v) is 12.1. The summed E-state index contributed by atoms with van der Waals surface area (Å²) in [6.45, 7) is 5.12. The summed E-state index contributed by atoms with van der Waals surface area (Å²) in [6, 6.07) is 6.44. The first kappa shape index (κ1) is 13.9. The van der Waals surface area contributed by atoms with Gasteiger partial charge in [-0.2, -0.15) is 0 Å². The highest BCUT2D eigenvalue weighted by Crippen LogP contribution is 2.26. The lowest BCUT2D eigenvalue weighted by atomic mass is 9.90. The Balaban J connectivity index is 2.43. The Kier molecular flexibility index (Phi) is 4.41. The monoisotopic (exact) mass is 257 g/mol. The van der Waals surface area contributed by atoms with Gasteiger partial charge in [0.1, 0.15) is 0 Å². The van der Waals surface area contributed by atoms with Gasteiger partial charge in [0.2, 0.25) is 0 Å². The second-order valence-electron chi connectivity index (χ2n) is 5.29. The molecule has 0 aliphatic carbocycles. The number of carbonyl (C=O) groups excluding carboxylic acids is 1. The third-order valence-corrected chi connectivity index (χ3v) is 4.05. The Labute approximate surface area is 116 Å². The van der Waals surface area contributed by atoms with Crippen LogP contribution in [0.1, 0.15) is 54.1 Å². The number of rotatable bonds is 3. The zero-order valence-electron chi connectivity index (χ0n) is 12.1. The van der Waals surface area contributed by atoms with Crippen LogP contribution in [0.5, 0.6) is 0 Å². The largest absolute Gasteiger partial charge is 0.338 e. The molecule has 1 aliphatic heterocycles. The molecule has 2 nitrogen and oxygen atoms in total. The van der Waals surface area contributed by atoms with E-state index in [0.29, 0.717) is 12.5 Å². The van der Waals surface area contributed by atoms with Gasteiger partial charge in [0, 0.05) is 19.2 Å².